The number of benzene rings is 2. The smallest absolute Gasteiger partial charge is 0.218 e. The van der Waals surface area contributed by atoms with Crippen LogP contribution in [0.4, 0.5) is 4.39 Å². The van der Waals surface area contributed by atoms with Gasteiger partial charge in [0.05, 0.1) is 30.6 Å². The van der Waals surface area contributed by atoms with Gasteiger partial charge in [-0.15, -0.1) is 0 Å². The maximum absolute atomic E-state index is 16.3. The Morgan fingerprint density at radius 1 is 0.804 bits per heavy atom. The number of nitrogens with zero attached hydrogens (tertiary/aromatic N) is 2. The molecule has 0 saturated carbocycles. The van der Waals surface area contributed by atoms with Crippen LogP contribution in [0.1, 0.15) is 36.8 Å². The minimum Gasteiger partial charge on any atom is -0.496 e. The molecule has 0 atom stereocenters. The van der Waals surface area contributed by atoms with E-state index in [4.69, 9.17) is 30.5 Å². The number of halogens is 2. The summed E-state index contributed by atoms with van der Waals surface area (Å²) >= 11 is 6.97. The van der Waals surface area contributed by atoms with E-state index in [2.05, 4.69) is 20.6 Å². The Morgan fingerprint density at radius 3 is 2.13 bits per heavy atom. The number of rotatable bonds is 11. The van der Waals surface area contributed by atoms with Crippen LogP contribution in [0, 0.1) is 5.82 Å². The van der Waals surface area contributed by atoms with Crippen molar-refractivity contribution in [3.63, 3.8) is 0 Å². The first-order valence-electron chi connectivity index (χ1n) is 15.8. The van der Waals surface area contributed by atoms with Crippen LogP contribution in [-0.2, 0) is 22.6 Å². The molecule has 2 aliphatic rings. The topological polar surface area (TPSA) is 86.8 Å². The van der Waals surface area contributed by atoms with Gasteiger partial charge in [-0.2, -0.15) is 0 Å². The molecule has 4 heterocycles. The molecule has 4 aromatic rings. The van der Waals surface area contributed by atoms with E-state index in [1.807, 2.05) is 36.4 Å². The number of ether oxygens (including phenoxy) is 4. The fraction of sp³-hybridized carbons (Fsp3) is 0.389. The Balaban J connectivity index is 1.24. The lowest BCUT2D eigenvalue weighted by Crippen LogP contribution is -2.34. The first-order chi connectivity index (χ1) is 22.6. The summed E-state index contributed by atoms with van der Waals surface area (Å²) in [6.45, 7) is 4.38. The summed E-state index contributed by atoms with van der Waals surface area (Å²) in [4.78, 5) is 9.25. The molecular formula is C36H40ClFN4O4. The molecule has 2 N–H and O–H groups in total. The largest absolute Gasteiger partial charge is 0.496 e. The van der Waals surface area contributed by atoms with Gasteiger partial charge in [0.25, 0.3) is 0 Å². The maximum Gasteiger partial charge on any atom is 0.218 e. The van der Waals surface area contributed by atoms with Crippen LogP contribution in [0.3, 0.4) is 0 Å². The highest BCUT2D eigenvalue weighted by Gasteiger charge is 2.21. The van der Waals surface area contributed by atoms with Crippen LogP contribution in [0.25, 0.3) is 33.6 Å². The molecule has 2 aliphatic heterocycles. The zero-order valence-electron chi connectivity index (χ0n) is 26.3. The fourth-order valence-corrected chi connectivity index (χ4v) is 6.39. The second kappa shape index (κ2) is 15.3. The van der Waals surface area contributed by atoms with Crippen molar-refractivity contribution in [2.45, 2.75) is 50.9 Å². The number of aromatic nitrogens is 2. The molecule has 46 heavy (non-hydrogen) atoms. The lowest BCUT2D eigenvalue weighted by Gasteiger charge is -2.23. The SMILES string of the molecule is COc1cc(-c2nccc(-c3cccc(-c4ccc(CNC5CCOCC5)c(OC)n4)c3F)c2Cl)ccc1CNC1CCOCC1. The number of hydrogen-bond acceptors (Lipinski definition) is 8. The van der Waals surface area contributed by atoms with E-state index >= 15 is 4.39 Å². The van der Waals surface area contributed by atoms with Gasteiger partial charge >= 0.3 is 0 Å². The molecule has 0 bridgehead atoms. The monoisotopic (exact) mass is 646 g/mol. The van der Waals surface area contributed by atoms with E-state index < -0.39 is 5.82 Å². The summed E-state index contributed by atoms with van der Waals surface area (Å²) in [7, 11) is 3.24. The van der Waals surface area contributed by atoms with Gasteiger partial charge in [0.1, 0.15) is 11.6 Å². The van der Waals surface area contributed by atoms with Gasteiger partial charge in [0, 0.05) is 91.2 Å². The highest BCUT2D eigenvalue weighted by atomic mass is 35.5. The summed E-state index contributed by atoms with van der Waals surface area (Å²) in [5.41, 5.74) is 5.03. The van der Waals surface area contributed by atoms with E-state index in [9.17, 15) is 0 Å². The molecule has 2 aromatic carbocycles. The molecule has 10 heteroatoms. The van der Waals surface area contributed by atoms with Gasteiger partial charge in [0.2, 0.25) is 5.88 Å². The van der Waals surface area contributed by atoms with Crippen LogP contribution in [0.15, 0.2) is 60.8 Å². The van der Waals surface area contributed by atoms with E-state index in [0.717, 1.165) is 74.6 Å². The molecular weight excluding hydrogens is 607 g/mol. The summed E-state index contributed by atoms with van der Waals surface area (Å²) < 4.78 is 38.6. The highest BCUT2D eigenvalue weighted by Crippen LogP contribution is 2.39. The standard InChI is InChI=1S/C36H40ClFN4O4/c1-43-32-20-23(6-7-24(32)21-40-26-11-16-45-17-12-26)35-33(37)28(10-15-39-35)29-4-3-5-30(34(29)38)31-9-8-25(36(42-31)44-2)22-41-27-13-18-46-19-14-27/h3-10,15,20,26-27,40-41H,11-14,16-19,21-22H2,1-2H3. The Morgan fingerprint density at radius 2 is 1.46 bits per heavy atom. The molecule has 6 rings (SSSR count). The Kier molecular flexibility index (Phi) is 10.8. The van der Waals surface area contributed by atoms with Gasteiger partial charge in [-0.1, -0.05) is 41.9 Å². The minimum atomic E-state index is -0.420. The van der Waals surface area contributed by atoms with E-state index in [-0.39, 0.29) is 0 Å². The third-order valence-electron chi connectivity index (χ3n) is 8.75. The van der Waals surface area contributed by atoms with Crippen LogP contribution < -0.4 is 20.1 Å². The van der Waals surface area contributed by atoms with E-state index in [1.165, 1.54) is 0 Å². The summed E-state index contributed by atoms with van der Waals surface area (Å²) in [5, 5.41) is 7.52. The molecule has 0 radical (unpaired) electrons. The predicted octanol–water partition coefficient (Wildman–Crippen LogP) is 6.82. The van der Waals surface area contributed by atoms with Gasteiger partial charge in [-0.05, 0) is 49.9 Å². The van der Waals surface area contributed by atoms with Crippen molar-refractivity contribution in [1.29, 1.82) is 0 Å². The zero-order chi connectivity index (χ0) is 31.9. The molecule has 0 unspecified atom stereocenters. The van der Waals surface area contributed by atoms with Crippen LogP contribution in [0.2, 0.25) is 5.02 Å². The van der Waals surface area contributed by atoms with Crippen molar-refractivity contribution in [2.75, 3.05) is 40.6 Å². The second-order valence-corrected chi connectivity index (χ2v) is 12.0. The minimum absolute atomic E-state index is 0.355. The Labute approximate surface area is 274 Å². The maximum atomic E-state index is 16.3. The summed E-state index contributed by atoms with van der Waals surface area (Å²) in [6.07, 6.45) is 5.58. The van der Waals surface area contributed by atoms with Gasteiger partial charge in [0.15, 0.2) is 0 Å². The van der Waals surface area contributed by atoms with Crippen molar-refractivity contribution < 1.29 is 23.3 Å². The van der Waals surface area contributed by atoms with Crippen molar-refractivity contribution >= 4 is 11.6 Å². The van der Waals surface area contributed by atoms with Gasteiger partial charge < -0.3 is 29.6 Å². The van der Waals surface area contributed by atoms with Crippen molar-refractivity contribution in [2.24, 2.45) is 0 Å². The van der Waals surface area contributed by atoms with E-state index in [1.54, 1.807) is 38.6 Å². The highest BCUT2D eigenvalue weighted by molar-refractivity contribution is 6.35. The van der Waals surface area contributed by atoms with Crippen molar-refractivity contribution in [1.82, 2.24) is 20.6 Å². The number of pyridine rings is 2. The lowest BCUT2D eigenvalue weighted by atomic mass is 9.98. The van der Waals surface area contributed by atoms with Crippen LogP contribution in [0.5, 0.6) is 11.6 Å². The predicted molar refractivity (Wildman–Crippen MR) is 178 cm³/mol. The molecule has 0 aliphatic carbocycles. The number of nitrogens with one attached hydrogen (secondary N) is 2. The van der Waals surface area contributed by atoms with Gasteiger partial charge in [-0.25, -0.2) is 9.37 Å². The van der Waals surface area contributed by atoms with E-state index in [0.29, 0.717) is 64.2 Å². The average Bonchev–Trinajstić information content (AvgIpc) is 3.11. The molecule has 2 saturated heterocycles. The zero-order valence-corrected chi connectivity index (χ0v) is 27.0. The third kappa shape index (κ3) is 7.35. The first-order valence-corrected chi connectivity index (χ1v) is 16.2. The van der Waals surface area contributed by atoms with Crippen molar-refractivity contribution in [3.05, 3.63) is 82.8 Å². The number of methoxy groups -OCH3 is 2. The first kappa shape index (κ1) is 32.3. The summed E-state index contributed by atoms with van der Waals surface area (Å²) in [6, 6.07) is 17.5. The molecule has 8 nitrogen and oxygen atoms in total. The normalized spacial score (nSPS) is 16.0. The van der Waals surface area contributed by atoms with Crippen LogP contribution >= 0.6 is 11.6 Å². The molecule has 242 valence electrons. The Hall–Kier alpha value is -3.60. The molecule has 0 spiro atoms. The molecule has 0 amide bonds. The fourth-order valence-electron chi connectivity index (χ4n) is 6.07. The summed E-state index contributed by atoms with van der Waals surface area (Å²) in [5.74, 6) is 0.780. The van der Waals surface area contributed by atoms with Crippen molar-refractivity contribution in [3.8, 4) is 45.3 Å². The lowest BCUT2D eigenvalue weighted by molar-refractivity contribution is 0.0774. The molecule has 2 fully saturated rings. The second-order valence-electron chi connectivity index (χ2n) is 11.6. The molecule has 2 aromatic heterocycles. The van der Waals surface area contributed by atoms with Gasteiger partial charge in [-0.3, -0.25) is 4.98 Å². The third-order valence-corrected chi connectivity index (χ3v) is 9.13. The number of hydrogen-bond donors (Lipinski definition) is 2. The quantitative estimate of drug-likeness (QED) is 0.184. The Bertz CT molecular complexity index is 1520. The van der Waals surface area contributed by atoms with Crippen LogP contribution in [-0.4, -0.2) is 62.7 Å². The average molecular weight is 647 g/mol.